The number of anilines is 1. The van der Waals surface area contributed by atoms with Gasteiger partial charge in [-0.2, -0.15) is 0 Å². The molecule has 5 aromatic carbocycles. The molecule has 304 valence electrons. The molecule has 2 aliphatic rings. The topological polar surface area (TPSA) is 126 Å². The number of H-pyrrole nitrogens is 1. The van der Waals surface area contributed by atoms with Crippen molar-refractivity contribution in [3.05, 3.63) is 148 Å². The lowest BCUT2D eigenvalue weighted by Gasteiger charge is -2.37. The maximum absolute atomic E-state index is 15.5. The largest absolute Gasteiger partial charge is 0.497 e. The van der Waals surface area contributed by atoms with Crippen LogP contribution in [0.3, 0.4) is 0 Å². The summed E-state index contributed by atoms with van der Waals surface area (Å²) in [5, 5.41) is 15.0. The summed E-state index contributed by atoms with van der Waals surface area (Å²) in [7, 11) is 0.679. The first kappa shape index (κ1) is 39.9. The van der Waals surface area contributed by atoms with Crippen LogP contribution in [0.4, 0.5) is 5.69 Å². The van der Waals surface area contributed by atoms with E-state index in [0.29, 0.717) is 34.6 Å². The highest BCUT2D eigenvalue weighted by molar-refractivity contribution is 6.91. The summed E-state index contributed by atoms with van der Waals surface area (Å²) >= 11 is 0. The van der Waals surface area contributed by atoms with E-state index in [-0.39, 0.29) is 54.9 Å². The van der Waals surface area contributed by atoms with Crippen LogP contribution in [0.15, 0.2) is 126 Å². The molecule has 12 heteroatoms. The Kier molecular flexibility index (Phi) is 10.8. The molecule has 0 unspecified atom stereocenters. The zero-order chi connectivity index (χ0) is 41.5. The van der Waals surface area contributed by atoms with Crippen molar-refractivity contribution in [1.29, 1.82) is 0 Å². The van der Waals surface area contributed by atoms with Gasteiger partial charge in [-0.1, -0.05) is 91.9 Å². The van der Waals surface area contributed by atoms with Crippen LogP contribution in [0.5, 0.6) is 11.5 Å². The zero-order valence-electron chi connectivity index (χ0n) is 34.1. The van der Waals surface area contributed by atoms with E-state index in [1.807, 2.05) is 103 Å². The summed E-state index contributed by atoms with van der Waals surface area (Å²) in [5.41, 5.74) is 2.80. The van der Waals surface area contributed by atoms with Crippen molar-refractivity contribution in [1.82, 2.24) is 14.7 Å². The summed E-state index contributed by atoms with van der Waals surface area (Å²) in [5.74, 6) is 0.619. The minimum absolute atomic E-state index is 0.0318. The number of carbonyl (C=O) groups is 2. The van der Waals surface area contributed by atoms with Gasteiger partial charge in [-0.15, -0.1) is 0 Å². The van der Waals surface area contributed by atoms with E-state index in [1.54, 1.807) is 30.1 Å². The third-order valence-electron chi connectivity index (χ3n) is 12.5. The van der Waals surface area contributed by atoms with Crippen LogP contribution in [0.1, 0.15) is 30.0 Å². The minimum atomic E-state index is -2.57. The molecule has 0 aliphatic carbocycles. The summed E-state index contributed by atoms with van der Waals surface area (Å²) in [4.78, 5) is 46.8. The lowest BCUT2D eigenvalue weighted by atomic mass is 9.82. The highest BCUT2D eigenvalue weighted by Gasteiger charge is 2.66. The minimum Gasteiger partial charge on any atom is -0.497 e. The predicted octanol–water partition coefficient (Wildman–Crippen LogP) is 6.51. The molecular weight excluding hydrogens is 761 g/mol. The molecule has 8 rings (SSSR count). The van der Waals surface area contributed by atoms with Crippen molar-refractivity contribution in [2.75, 3.05) is 32.3 Å². The van der Waals surface area contributed by atoms with Crippen LogP contribution in [-0.4, -0.2) is 73.2 Å². The van der Waals surface area contributed by atoms with Gasteiger partial charge in [-0.05, 0) is 71.3 Å². The van der Waals surface area contributed by atoms with E-state index in [4.69, 9.17) is 14.2 Å². The zero-order valence-corrected chi connectivity index (χ0v) is 35.1. The summed E-state index contributed by atoms with van der Waals surface area (Å²) < 4.78 is 20.1. The van der Waals surface area contributed by atoms with Gasteiger partial charge in [0.2, 0.25) is 5.91 Å². The number of aliphatic hydroxyl groups is 1. The lowest BCUT2D eigenvalue weighted by Crippen LogP contribution is -2.52. The van der Waals surface area contributed by atoms with Gasteiger partial charge in [0.15, 0.2) is 5.60 Å². The molecule has 0 bridgehead atoms. The fraction of sp³-hybridized carbons (Fsp3) is 0.298. The number of hydrogen-bond acceptors (Lipinski definition) is 7. The van der Waals surface area contributed by atoms with Crippen molar-refractivity contribution in [2.45, 2.75) is 56.8 Å². The number of benzene rings is 5. The molecule has 1 aromatic heterocycles. The van der Waals surface area contributed by atoms with Crippen LogP contribution in [-0.2, 0) is 33.0 Å². The lowest BCUT2D eigenvalue weighted by molar-refractivity contribution is -0.150. The van der Waals surface area contributed by atoms with Gasteiger partial charge in [0.1, 0.15) is 11.5 Å². The second kappa shape index (κ2) is 16.0. The van der Waals surface area contributed by atoms with E-state index in [1.165, 1.54) is 4.68 Å². The quantitative estimate of drug-likeness (QED) is 0.128. The Balaban J connectivity index is 1.19. The van der Waals surface area contributed by atoms with Crippen LogP contribution >= 0.6 is 0 Å². The fourth-order valence-corrected chi connectivity index (χ4v) is 13.5. The summed E-state index contributed by atoms with van der Waals surface area (Å²) in [6.07, 6.45) is -0.595. The third-order valence-corrected chi connectivity index (χ3v) is 16.8. The van der Waals surface area contributed by atoms with Gasteiger partial charge in [0.05, 0.1) is 70.2 Å². The molecule has 2 amide bonds. The summed E-state index contributed by atoms with van der Waals surface area (Å²) in [6, 6.07) is 38.5. The van der Waals surface area contributed by atoms with Crippen molar-refractivity contribution in [2.24, 2.45) is 5.92 Å². The smallest absolute Gasteiger partial charge is 0.279 e. The molecule has 3 heterocycles. The van der Waals surface area contributed by atoms with Gasteiger partial charge in [0.25, 0.3) is 11.5 Å². The molecule has 11 nitrogen and oxygen atoms in total. The van der Waals surface area contributed by atoms with E-state index >= 15 is 4.79 Å². The molecule has 1 spiro atoms. The van der Waals surface area contributed by atoms with Gasteiger partial charge in [-0.25, -0.2) is 4.68 Å². The average molecular weight is 811 g/mol. The number of fused-ring (bicyclic) bond motifs is 3. The van der Waals surface area contributed by atoms with Gasteiger partial charge >= 0.3 is 0 Å². The van der Waals surface area contributed by atoms with Crippen LogP contribution < -0.4 is 25.1 Å². The number of carbonyl (C=O) groups excluding carboxylic acids is 2. The number of hydrogen-bond donors (Lipinski definition) is 2. The highest BCUT2D eigenvalue weighted by atomic mass is 28.3. The molecule has 2 N–H and O–H groups in total. The first-order valence-electron chi connectivity index (χ1n) is 20.0. The molecular formula is C47H50N4O7Si. The maximum Gasteiger partial charge on any atom is 0.279 e. The molecule has 4 atom stereocenters. The molecule has 59 heavy (non-hydrogen) atoms. The first-order chi connectivity index (χ1) is 28.5. The molecule has 1 saturated heterocycles. The number of aliphatic hydroxyl groups excluding tert-OH is 1. The average Bonchev–Trinajstić information content (AvgIpc) is 3.83. The number of aromatic amines is 1. The number of amides is 2. The van der Waals surface area contributed by atoms with Crippen LogP contribution in [0.25, 0.3) is 16.6 Å². The Morgan fingerprint density at radius 3 is 2.27 bits per heavy atom. The Morgan fingerprint density at radius 1 is 0.864 bits per heavy atom. The number of nitrogens with zero attached hydrogens (tertiary/aromatic N) is 3. The highest BCUT2D eigenvalue weighted by Crippen LogP contribution is 2.60. The predicted molar refractivity (Wildman–Crippen MR) is 231 cm³/mol. The number of para-hydroxylation sites is 1. The van der Waals surface area contributed by atoms with Crippen LogP contribution in [0, 0.1) is 5.92 Å². The van der Waals surface area contributed by atoms with Crippen molar-refractivity contribution in [3.8, 4) is 17.2 Å². The third kappa shape index (κ3) is 7.04. The maximum atomic E-state index is 15.5. The molecule has 0 saturated carbocycles. The Hall–Kier alpha value is -5.95. The van der Waals surface area contributed by atoms with E-state index < -0.39 is 19.8 Å². The van der Waals surface area contributed by atoms with E-state index in [9.17, 15) is 14.7 Å². The van der Waals surface area contributed by atoms with Crippen molar-refractivity contribution in [3.63, 3.8) is 0 Å². The van der Waals surface area contributed by atoms with E-state index in [0.717, 1.165) is 27.6 Å². The van der Waals surface area contributed by atoms with Crippen LogP contribution in [0.2, 0.25) is 18.6 Å². The van der Waals surface area contributed by atoms with Crippen molar-refractivity contribution >= 4 is 41.7 Å². The monoisotopic (exact) mass is 810 g/mol. The Morgan fingerprint density at radius 2 is 1.56 bits per heavy atom. The Labute approximate surface area is 344 Å². The number of nitrogens with one attached hydrogen (secondary N) is 1. The van der Waals surface area contributed by atoms with Gasteiger partial charge in [0, 0.05) is 24.6 Å². The van der Waals surface area contributed by atoms with Gasteiger partial charge in [-0.3, -0.25) is 19.5 Å². The number of methoxy groups -OCH3 is 2. The summed E-state index contributed by atoms with van der Waals surface area (Å²) in [6.45, 7) is 7.20. The number of aromatic nitrogens is 2. The number of rotatable bonds is 13. The fourth-order valence-electron chi connectivity index (χ4n) is 9.51. The molecule has 2 aliphatic heterocycles. The number of ether oxygens (including phenoxy) is 3. The second-order valence-electron chi connectivity index (χ2n) is 16.1. The van der Waals surface area contributed by atoms with Crippen molar-refractivity contribution < 1.29 is 28.9 Å². The van der Waals surface area contributed by atoms with Gasteiger partial charge < -0.3 is 29.1 Å². The molecule has 6 aromatic rings. The first-order valence-corrected chi connectivity index (χ1v) is 23.1. The Bertz CT molecular complexity index is 2550. The normalized spacial score (nSPS) is 20.0. The van der Waals surface area contributed by atoms with E-state index in [2.05, 4.69) is 37.2 Å². The second-order valence-corrected chi connectivity index (χ2v) is 20.8. The SMILES string of the molecule is COc1ccc([Si](C)(C)[C@@H]2[C@@H](CC(=O)N(CCO)Cc3ccccc3)O[C@]3(C(=O)N(Cc4cccc(-n5[nH]c6ccccc6c5=O)c4)c4ccc(OC)cc43)[C@H]2C)cc1. The molecule has 0 radical (unpaired) electrons. The standard InChI is InChI=1S/C47H50N4O7Si/c1-31-44(59(4,5)37-21-18-35(56-2)19-22-37)42(28-43(53)49(24-25-52)29-32-12-7-6-8-13-32)58-47(31)39-27-36(57-3)20-23-41(39)50(46(47)55)30-33-14-11-15-34(26-33)51-45(54)38-16-9-10-17-40(38)48-51/h6-23,26-27,31,42,44,48,52H,24-25,28-30H2,1-5H3/t31-,42+,44-,47+/m0/s1. The molecule has 1 fully saturated rings.